The van der Waals surface area contributed by atoms with Gasteiger partial charge in [-0.3, -0.25) is 4.79 Å². The van der Waals surface area contributed by atoms with Crippen LogP contribution >= 0.6 is 0 Å². The van der Waals surface area contributed by atoms with Crippen molar-refractivity contribution in [3.63, 3.8) is 0 Å². The molecule has 2 heterocycles. The van der Waals surface area contributed by atoms with Crippen LogP contribution in [0.5, 0.6) is 11.6 Å². The van der Waals surface area contributed by atoms with Gasteiger partial charge in [0.2, 0.25) is 11.8 Å². The van der Waals surface area contributed by atoms with Crippen molar-refractivity contribution >= 4 is 11.7 Å². The highest BCUT2D eigenvalue weighted by molar-refractivity contribution is 5.79. The second-order valence-corrected chi connectivity index (χ2v) is 7.29. The molecule has 6 heteroatoms. The van der Waals surface area contributed by atoms with E-state index in [-0.39, 0.29) is 5.92 Å². The Bertz CT molecular complexity index is 737. The van der Waals surface area contributed by atoms with Crippen molar-refractivity contribution in [2.75, 3.05) is 31.1 Å². The Morgan fingerprint density at radius 1 is 0.889 bits per heavy atom. The molecule has 0 radical (unpaired) electrons. The maximum Gasteiger partial charge on any atom is 0.238 e. The summed E-state index contributed by atoms with van der Waals surface area (Å²) >= 11 is 0. The maximum atomic E-state index is 12.7. The summed E-state index contributed by atoms with van der Waals surface area (Å²) in [7, 11) is 0. The molecule has 1 aliphatic carbocycles. The number of aromatic nitrogens is 2. The van der Waals surface area contributed by atoms with E-state index >= 15 is 0 Å². The molecule has 2 aromatic rings. The second-order valence-electron chi connectivity index (χ2n) is 7.29. The van der Waals surface area contributed by atoms with Gasteiger partial charge in [0.05, 0.1) is 0 Å². The predicted molar refractivity (Wildman–Crippen MR) is 104 cm³/mol. The van der Waals surface area contributed by atoms with E-state index in [1.54, 1.807) is 0 Å². The second kappa shape index (κ2) is 8.37. The van der Waals surface area contributed by atoms with Gasteiger partial charge < -0.3 is 14.5 Å². The number of carbonyl (C=O) groups is 1. The third-order valence-electron chi connectivity index (χ3n) is 5.46. The van der Waals surface area contributed by atoms with E-state index in [9.17, 15) is 4.79 Å². The first-order valence-electron chi connectivity index (χ1n) is 9.90. The SMILES string of the molecule is O=C(C1CCCCC1)N1CCN(c2ccc(Oc3ccccc3)nn2)CC1. The monoisotopic (exact) mass is 366 g/mol. The van der Waals surface area contributed by atoms with E-state index in [2.05, 4.69) is 15.1 Å². The van der Waals surface area contributed by atoms with E-state index in [0.717, 1.165) is 50.6 Å². The molecule has 0 atom stereocenters. The molecule has 1 aromatic heterocycles. The number of hydrogen-bond acceptors (Lipinski definition) is 5. The molecular weight excluding hydrogens is 340 g/mol. The van der Waals surface area contributed by atoms with Crippen LogP contribution in [-0.2, 0) is 4.79 Å². The van der Waals surface area contributed by atoms with Gasteiger partial charge in [-0.25, -0.2) is 0 Å². The minimum Gasteiger partial charge on any atom is -0.438 e. The van der Waals surface area contributed by atoms with Crippen molar-refractivity contribution in [1.29, 1.82) is 0 Å². The predicted octanol–water partition coefficient (Wildman–Crippen LogP) is 3.50. The molecule has 1 amide bonds. The lowest BCUT2D eigenvalue weighted by atomic mass is 9.88. The Balaban J connectivity index is 1.31. The number of para-hydroxylation sites is 1. The standard InChI is InChI=1S/C21H26N4O2/c26-21(17-7-3-1-4-8-17)25-15-13-24(14-16-25)19-11-12-20(23-22-19)27-18-9-5-2-6-10-18/h2,5-6,9-12,17H,1,3-4,7-8,13-16H2. The fourth-order valence-corrected chi connectivity index (χ4v) is 3.91. The van der Waals surface area contributed by atoms with E-state index in [1.165, 1.54) is 19.3 Å². The van der Waals surface area contributed by atoms with Gasteiger partial charge in [0.1, 0.15) is 5.75 Å². The molecule has 6 nitrogen and oxygen atoms in total. The van der Waals surface area contributed by atoms with Gasteiger partial charge in [-0.15, -0.1) is 10.2 Å². The van der Waals surface area contributed by atoms with Crippen LogP contribution < -0.4 is 9.64 Å². The highest BCUT2D eigenvalue weighted by Gasteiger charge is 2.28. The highest BCUT2D eigenvalue weighted by atomic mass is 16.5. The molecule has 142 valence electrons. The van der Waals surface area contributed by atoms with E-state index in [0.29, 0.717) is 11.8 Å². The van der Waals surface area contributed by atoms with E-state index in [1.807, 2.05) is 47.4 Å². The summed E-state index contributed by atoms with van der Waals surface area (Å²) in [6.07, 6.45) is 5.80. The molecular formula is C21H26N4O2. The molecule has 27 heavy (non-hydrogen) atoms. The summed E-state index contributed by atoms with van der Waals surface area (Å²) < 4.78 is 5.69. The number of piperazine rings is 1. The van der Waals surface area contributed by atoms with Gasteiger partial charge >= 0.3 is 0 Å². The maximum absolute atomic E-state index is 12.7. The highest BCUT2D eigenvalue weighted by Crippen LogP contribution is 2.26. The van der Waals surface area contributed by atoms with E-state index in [4.69, 9.17) is 4.74 Å². The number of ether oxygens (including phenoxy) is 1. The lowest BCUT2D eigenvalue weighted by Gasteiger charge is -2.37. The molecule has 0 N–H and O–H groups in total. The zero-order valence-corrected chi connectivity index (χ0v) is 15.6. The van der Waals surface area contributed by atoms with Crippen molar-refractivity contribution in [1.82, 2.24) is 15.1 Å². The number of carbonyl (C=O) groups excluding carboxylic acids is 1. The minimum absolute atomic E-state index is 0.250. The Labute approximate surface area is 160 Å². The summed E-state index contributed by atoms with van der Waals surface area (Å²) in [5.41, 5.74) is 0. The molecule has 1 saturated carbocycles. The largest absolute Gasteiger partial charge is 0.438 e. The fourth-order valence-electron chi connectivity index (χ4n) is 3.91. The van der Waals surface area contributed by atoms with Gasteiger partial charge in [0, 0.05) is 38.2 Å². The van der Waals surface area contributed by atoms with Gasteiger partial charge in [0.15, 0.2) is 5.82 Å². The lowest BCUT2D eigenvalue weighted by Crippen LogP contribution is -2.50. The summed E-state index contributed by atoms with van der Waals surface area (Å²) in [4.78, 5) is 16.9. The van der Waals surface area contributed by atoms with Crippen molar-refractivity contribution < 1.29 is 9.53 Å². The molecule has 0 spiro atoms. The Hall–Kier alpha value is -2.63. The van der Waals surface area contributed by atoms with Gasteiger partial charge in [-0.2, -0.15) is 0 Å². The smallest absolute Gasteiger partial charge is 0.238 e. The van der Waals surface area contributed by atoms with Crippen LogP contribution in [0.4, 0.5) is 5.82 Å². The van der Waals surface area contributed by atoms with Crippen LogP contribution in [0.2, 0.25) is 0 Å². The zero-order valence-electron chi connectivity index (χ0n) is 15.6. The van der Waals surface area contributed by atoms with Crippen molar-refractivity contribution in [2.45, 2.75) is 32.1 Å². The summed E-state index contributed by atoms with van der Waals surface area (Å²) in [6, 6.07) is 13.3. The van der Waals surface area contributed by atoms with Crippen molar-refractivity contribution in [3.05, 3.63) is 42.5 Å². The minimum atomic E-state index is 0.250. The quantitative estimate of drug-likeness (QED) is 0.829. The molecule has 0 bridgehead atoms. The van der Waals surface area contributed by atoms with Crippen LogP contribution in [0.25, 0.3) is 0 Å². The molecule has 1 aliphatic heterocycles. The third kappa shape index (κ3) is 4.38. The number of anilines is 1. The summed E-state index contributed by atoms with van der Waals surface area (Å²) in [6.45, 7) is 3.12. The number of hydrogen-bond donors (Lipinski definition) is 0. The number of nitrogens with zero attached hydrogens (tertiary/aromatic N) is 4. The zero-order chi connectivity index (χ0) is 18.5. The molecule has 4 rings (SSSR count). The van der Waals surface area contributed by atoms with Gasteiger partial charge in [0.25, 0.3) is 0 Å². The van der Waals surface area contributed by atoms with Crippen LogP contribution in [0.15, 0.2) is 42.5 Å². The van der Waals surface area contributed by atoms with Crippen LogP contribution in [0.1, 0.15) is 32.1 Å². The van der Waals surface area contributed by atoms with Crippen LogP contribution in [0, 0.1) is 5.92 Å². The molecule has 0 unspecified atom stereocenters. The van der Waals surface area contributed by atoms with Gasteiger partial charge in [-0.1, -0.05) is 37.5 Å². The molecule has 2 fully saturated rings. The third-order valence-corrected chi connectivity index (χ3v) is 5.46. The Morgan fingerprint density at radius 2 is 1.63 bits per heavy atom. The first-order chi connectivity index (χ1) is 13.3. The number of benzene rings is 1. The first kappa shape index (κ1) is 17.8. The topological polar surface area (TPSA) is 58.6 Å². The molecule has 1 saturated heterocycles. The molecule has 1 aromatic carbocycles. The summed E-state index contributed by atoms with van der Waals surface area (Å²) in [5.74, 6) is 2.66. The Kier molecular flexibility index (Phi) is 5.51. The summed E-state index contributed by atoms with van der Waals surface area (Å²) in [5, 5.41) is 8.49. The lowest BCUT2D eigenvalue weighted by molar-refractivity contribution is -0.136. The van der Waals surface area contributed by atoms with Gasteiger partial charge in [-0.05, 0) is 31.0 Å². The van der Waals surface area contributed by atoms with Crippen molar-refractivity contribution in [3.8, 4) is 11.6 Å². The number of amides is 1. The van der Waals surface area contributed by atoms with Crippen molar-refractivity contribution in [2.24, 2.45) is 5.92 Å². The first-order valence-corrected chi connectivity index (χ1v) is 9.90. The average molecular weight is 366 g/mol. The van der Waals surface area contributed by atoms with E-state index < -0.39 is 0 Å². The normalized spacial score (nSPS) is 18.4. The van der Waals surface area contributed by atoms with Crippen LogP contribution in [0.3, 0.4) is 0 Å². The Morgan fingerprint density at radius 3 is 2.30 bits per heavy atom. The average Bonchev–Trinajstić information content (AvgIpc) is 2.75. The number of rotatable bonds is 4. The fraction of sp³-hybridized carbons (Fsp3) is 0.476. The molecule has 2 aliphatic rings. The van der Waals surface area contributed by atoms with Crippen LogP contribution in [-0.4, -0.2) is 47.2 Å².